The van der Waals surface area contributed by atoms with Crippen LogP contribution in [0, 0.1) is 0 Å². The number of carbonyl (C=O) groups excluding carboxylic acids is 1. The topological polar surface area (TPSA) is 64.4 Å². The summed E-state index contributed by atoms with van der Waals surface area (Å²) in [6, 6.07) is 10.4. The lowest BCUT2D eigenvalue weighted by Crippen LogP contribution is -2.19. The fourth-order valence-corrected chi connectivity index (χ4v) is 2.74. The summed E-state index contributed by atoms with van der Waals surface area (Å²) in [5.74, 6) is 0.449. The van der Waals surface area contributed by atoms with E-state index in [0.717, 1.165) is 15.6 Å². The van der Waals surface area contributed by atoms with E-state index in [-0.39, 0.29) is 5.91 Å². The summed E-state index contributed by atoms with van der Waals surface area (Å²) in [6.45, 7) is 0.411. The highest BCUT2D eigenvalue weighted by atomic mass is 79.9. The van der Waals surface area contributed by atoms with E-state index in [0.29, 0.717) is 23.1 Å². The number of hydrogen-bond acceptors (Lipinski definition) is 3. The number of carbonyl (C=O) groups is 1. The van der Waals surface area contributed by atoms with Crippen molar-refractivity contribution < 1.29 is 9.53 Å². The third kappa shape index (κ3) is 2.90. The number of amides is 1. The van der Waals surface area contributed by atoms with Gasteiger partial charge in [-0.2, -0.15) is 0 Å². The summed E-state index contributed by atoms with van der Waals surface area (Å²) in [5.41, 5.74) is 8.27. The molecule has 3 rings (SSSR count). The SMILES string of the molecule is NC1C(=O)Nc2cc(OCc3ccc(Cl)cc3)c(Br)cc21. The highest BCUT2D eigenvalue weighted by molar-refractivity contribution is 9.10. The van der Waals surface area contributed by atoms with E-state index in [1.165, 1.54) is 0 Å². The van der Waals surface area contributed by atoms with Gasteiger partial charge in [0.1, 0.15) is 18.4 Å². The van der Waals surface area contributed by atoms with E-state index < -0.39 is 6.04 Å². The van der Waals surface area contributed by atoms with E-state index in [1.54, 1.807) is 6.07 Å². The zero-order chi connectivity index (χ0) is 15.0. The van der Waals surface area contributed by atoms with Gasteiger partial charge in [-0.25, -0.2) is 0 Å². The van der Waals surface area contributed by atoms with Crippen molar-refractivity contribution in [1.82, 2.24) is 0 Å². The summed E-state index contributed by atoms with van der Waals surface area (Å²) in [7, 11) is 0. The zero-order valence-electron chi connectivity index (χ0n) is 10.9. The van der Waals surface area contributed by atoms with Crippen LogP contribution in [0.2, 0.25) is 5.02 Å². The van der Waals surface area contributed by atoms with Crippen LogP contribution >= 0.6 is 27.5 Å². The van der Waals surface area contributed by atoms with Crippen LogP contribution in [0.5, 0.6) is 5.75 Å². The Hall–Kier alpha value is -1.56. The molecule has 2 aromatic carbocycles. The van der Waals surface area contributed by atoms with E-state index in [2.05, 4.69) is 21.2 Å². The van der Waals surface area contributed by atoms with Crippen LogP contribution in [-0.4, -0.2) is 5.91 Å². The van der Waals surface area contributed by atoms with Crippen molar-refractivity contribution in [3.63, 3.8) is 0 Å². The number of fused-ring (bicyclic) bond motifs is 1. The first-order chi connectivity index (χ1) is 10.0. The average Bonchev–Trinajstić information content (AvgIpc) is 2.73. The normalized spacial score (nSPS) is 16.5. The van der Waals surface area contributed by atoms with Crippen LogP contribution in [0.4, 0.5) is 5.69 Å². The molecule has 1 unspecified atom stereocenters. The molecule has 0 aromatic heterocycles. The largest absolute Gasteiger partial charge is 0.488 e. The maximum Gasteiger partial charge on any atom is 0.245 e. The van der Waals surface area contributed by atoms with Crippen molar-refractivity contribution in [2.24, 2.45) is 5.73 Å². The highest BCUT2D eigenvalue weighted by Crippen LogP contribution is 2.38. The van der Waals surface area contributed by atoms with Gasteiger partial charge < -0.3 is 15.8 Å². The summed E-state index contributed by atoms with van der Waals surface area (Å²) >= 11 is 9.29. The molecule has 0 saturated heterocycles. The maximum atomic E-state index is 11.6. The number of halogens is 2. The minimum absolute atomic E-state index is 0.202. The fourth-order valence-electron chi connectivity index (χ4n) is 2.14. The molecule has 3 N–H and O–H groups in total. The lowest BCUT2D eigenvalue weighted by Gasteiger charge is -2.11. The Labute approximate surface area is 135 Å². The van der Waals surface area contributed by atoms with Gasteiger partial charge >= 0.3 is 0 Å². The second-order valence-electron chi connectivity index (χ2n) is 4.75. The van der Waals surface area contributed by atoms with Gasteiger partial charge in [0.2, 0.25) is 5.91 Å². The smallest absolute Gasteiger partial charge is 0.245 e. The van der Waals surface area contributed by atoms with Gasteiger partial charge in [-0.15, -0.1) is 0 Å². The van der Waals surface area contributed by atoms with Gasteiger partial charge in [0.25, 0.3) is 0 Å². The predicted octanol–water partition coefficient (Wildman–Crippen LogP) is 3.63. The minimum atomic E-state index is -0.624. The first-order valence-corrected chi connectivity index (χ1v) is 7.49. The number of nitrogens with two attached hydrogens (primary N) is 1. The molecule has 0 radical (unpaired) electrons. The van der Waals surface area contributed by atoms with Crippen molar-refractivity contribution in [1.29, 1.82) is 0 Å². The molecule has 0 fully saturated rings. The van der Waals surface area contributed by atoms with Crippen molar-refractivity contribution in [3.8, 4) is 5.75 Å². The average molecular weight is 368 g/mol. The number of rotatable bonds is 3. The second kappa shape index (κ2) is 5.67. The monoisotopic (exact) mass is 366 g/mol. The van der Waals surface area contributed by atoms with Gasteiger partial charge in [-0.05, 0) is 39.7 Å². The van der Waals surface area contributed by atoms with Crippen LogP contribution < -0.4 is 15.8 Å². The molecular formula is C15H12BrClN2O2. The third-order valence-corrected chi connectivity index (χ3v) is 4.16. The first-order valence-electron chi connectivity index (χ1n) is 6.32. The molecule has 108 valence electrons. The Morgan fingerprint density at radius 1 is 1.29 bits per heavy atom. The molecule has 0 saturated carbocycles. The highest BCUT2D eigenvalue weighted by Gasteiger charge is 2.28. The van der Waals surface area contributed by atoms with Crippen LogP contribution in [-0.2, 0) is 11.4 Å². The molecule has 0 bridgehead atoms. The minimum Gasteiger partial charge on any atom is -0.488 e. The first kappa shape index (κ1) is 14.4. The molecule has 1 aliphatic rings. The van der Waals surface area contributed by atoms with Crippen molar-refractivity contribution in [3.05, 3.63) is 57.0 Å². The van der Waals surface area contributed by atoms with E-state index in [9.17, 15) is 4.79 Å². The van der Waals surface area contributed by atoms with Gasteiger partial charge in [0, 0.05) is 22.3 Å². The third-order valence-electron chi connectivity index (χ3n) is 3.29. The second-order valence-corrected chi connectivity index (χ2v) is 6.04. The molecule has 6 heteroatoms. The predicted molar refractivity (Wildman–Crippen MR) is 85.5 cm³/mol. The molecule has 0 aliphatic carbocycles. The lowest BCUT2D eigenvalue weighted by atomic mass is 10.1. The Bertz CT molecular complexity index is 704. The van der Waals surface area contributed by atoms with Gasteiger partial charge in [0.15, 0.2) is 0 Å². The Morgan fingerprint density at radius 2 is 2.00 bits per heavy atom. The van der Waals surface area contributed by atoms with E-state index in [4.69, 9.17) is 22.1 Å². The van der Waals surface area contributed by atoms with Gasteiger partial charge in [-0.1, -0.05) is 23.7 Å². The number of benzene rings is 2. The van der Waals surface area contributed by atoms with Crippen LogP contribution in [0.25, 0.3) is 0 Å². The summed E-state index contributed by atoms with van der Waals surface area (Å²) < 4.78 is 6.54. The standard InChI is InChI=1S/C15H12BrClN2O2/c16-11-5-10-12(19-15(20)14(10)18)6-13(11)21-7-8-1-3-9(17)4-2-8/h1-6,14H,7,18H2,(H,19,20). The molecule has 4 nitrogen and oxygen atoms in total. The summed E-state index contributed by atoms with van der Waals surface area (Å²) in [6.07, 6.45) is 0. The molecule has 1 aliphatic heterocycles. The fraction of sp³-hybridized carbons (Fsp3) is 0.133. The van der Waals surface area contributed by atoms with Crippen molar-refractivity contribution >= 4 is 39.1 Å². The molecule has 0 spiro atoms. The van der Waals surface area contributed by atoms with E-state index >= 15 is 0 Å². The Morgan fingerprint density at radius 3 is 2.71 bits per heavy atom. The van der Waals surface area contributed by atoms with Crippen LogP contribution in [0.3, 0.4) is 0 Å². The molecular weight excluding hydrogens is 356 g/mol. The van der Waals surface area contributed by atoms with Gasteiger partial charge in [-0.3, -0.25) is 4.79 Å². The molecule has 21 heavy (non-hydrogen) atoms. The molecule has 1 heterocycles. The number of hydrogen-bond donors (Lipinski definition) is 2. The Balaban J connectivity index is 1.79. The number of anilines is 1. The zero-order valence-corrected chi connectivity index (χ0v) is 13.2. The van der Waals surface area contributed by atoms with Crippen LogP contribution in [0.1, 0.15) is 17.2 Å². The summed E-state index contributed by atoms with van der Waals surface area (Å²) in [5, 5.41) is 3.43. The lowest BCUT2D eigenvalue weighted by molar-refractivity contribution is -0.116. The Kier molecular flexibility index (Phi) is 3.89. The summed E-state index contributed by atoms with van der Waals surface area (Å²) in [4.78, 5) is 11.6. The van der Waals surface area contributed by atoms with Crippen LogP contribution in [0.15, 0.2) is 40.9 Å². The van der Waals surface area contributed by atoms with Gasteiger partial charge in [0.05, 0.1) is 4.47 Å². The number of nitrogens with one attached hydrogen (secondary N) is 1. The molecule has 2 aromatic rings. The quantitative estimate of drug-likeness (QED) is 0.870. The van der Waals surface area contributed by atoms with Crippen molar-refractivity contribution in [2.75, 3.05) is 5.32 Å². The number of ether oxygens (including phenoxy) is 1. The van der Waals surface area contributed by atoms with Crippen molar-refractivity contribution in [2.45, 2.75) is 12.6 Å². The molecule has 1 amide bonds. The van der Waals surface area contributed by atoms with E-state index in [1.807, 2.05) is 30.3 Å². The molecule has 1 atom stereocenters. The maximum absolute atomic E-state index is 11.6.